The molecule has 1 aromatic heterocycles. The van der Waals surface area contributed by atoms with E-state index in [1.165, 1.54) is 11.8 Å². The molecule has 0 saturated carbocycles. The smallest absolute Gasteiger partial charge is 0.245 e. The van der Waals surface area contributed by atoms with Gasteiger partial charge in [-0.05, 0) is 24.3 Å². The zero-order valence-corrected chi connectivity index (χ0v) is 11.8. The van der Waals surface area contributed by atoms with Gasteiger partial charge in [0.1, 0.15) is 6.04 Å². The van der Waals surface area contributed by atoms with Crippen LogP contribution in [0.2, 0.25) is 0 Å². The highest BCUT2D eigenvalue weighted by Crippen LogP contribution is 2.35. The van der Waals surface area contributed by atoms with Gasteiger partial charge in [0.2, 0.25) is 5.91 Å². The first kappa shape index (κ1) is 12.4. The lowest BCUT2D eigenvalue weighted by molar-refractivity contribution is -0.116. The summed E-state index contributed by atoms with van der Waals surface area (Å²) < 4.78 is 0. The van der Waals surface area contributed by atoms with Crippen molar-refractivity contribution < 1.29 is 4.79 Å². The van der Waals surface area contributed by atoms with Crippen molar-refractivity contribution in [2.75, 3.05) is 5.32 Å². The lowest BCUT2D eigenvalue weighted by atomic mass is 10.1. The lowest BCUT2D eigenvalue weighted by Crippen LogP contribution is -2.19. The number of benzene rings is 2. The summed E-state index contributed by atoms with van der Waals surface area (Å²) in [4.78, 5) is 20.4. The van der Waals surface area contributed by atoms with E-state index in [4.69, 9.17) is 5.73 Å². The summed E-state index contributed by atoms with van der Waals surface area (Å²) >= 11 is 1.52. The SMILES string of the molecule is NC1C(=O)Nc2cc(Sc3nc4ccccc4[nH]3)ccc21. The fourth-order valence-corrected chi connectivity index (χ4v) is 3.26. The number of hydrogen-bond donors (Lipinski definition) is 3. The number of H-pyrrole nitrogens is 1. The number of para-hydroxylation sites is 2. The maximum absolute atomic E-state index is 11.6. The minimum absolute atomic E-state index is 0.157. The third kappa shape index (κ3) is 2.09. The largest absolute Gasteiger partial charge is 0.333 e. The van der Waals surface area contributed by atoms with Crippen LogP contribution in [0, 0.1) is 0 Å². The molecule has 0 fully saturated rings. The first-order valence-corrected chi connectivity index (χ1v) is 7.35. The predicted molar refractivity (Wildman–Crippen MR) is 82.2 cm³/mol. The number of rotatable bonds is 2. The van der Waals surface area contributed by atoms with Crippen LogP contribution >= 0.6 is 11.8 Å². The molecule has 2 heterocycles. The van der Waals surface area contributed by atoms with Crippen LogP contribution in [0.1, 0.15) is 11.6 Å². The van der Waals surface area contributed by atoms with E-state index in [0.29, 0.717) is 0 Å². The van der Waals surface area contributed by atoms with E-state index in [0.717, 1.165) is 32.3 Å². The molecule has 1 aliphatic heterocycles. The number of imidazole rings is 1. The molecular weight excluding hydrogens is 284 g/mol. The van der Waals surface area contributed by atoms with Gasteiger partial charge in [0, 0.05) is 16.1 Å². The van der Waals surface area contributed by atoms with Gasteiger partial charge < -0.3 is 16.0 Å². The molecule has 0 radical (unpaired) electrons. The topological polar surface area (TPSA) is 83.8 Å². The summed E-state index contributed by atoms with van der Waals surface area (Å²) in [5.41, 5.74) is 9.39. The highest BCUT2D eigenvalue weighted by atomic mass is 32.2. The Bertz CT molecular complexity index is 825. The maximum atomic E-state index is 11.6. The van der Waals surface area contributed by atoms with Gasteiger partial charge in [-0.2, -0.15) is 0 Å². The highest BCUT2D eigenvalue weighted by Gasteiger charge is 2.27. The Morgan fingerprint density at radius 2 is 2.05 bits per heavy atom. The molecule has 4 N–H and O–H groups in total. The number of aromatic amines is 1. The monoisotopic (exact) mass is 296 g/mol. The average Bonchev–Trinajstić information content (AvgIpc) is 3.00. The molecule has 21 heavy (non-hydrogen) atoms. The zero-order valence-electron chi connectivity index (χ0n) is 11.0. The number of carbonyl (C=O) groups is 1. The van der Waals surface area contributed by atoms with Crippen LogP contribution in [0.5, 0.6) is 0 Å². The second kappa shape index (κ2) is 4.61. The average molecular weight is 296 g/mol. The van der Waals surface area contributed by atoms with Crippen LogP contribution in [0.15, 0.2) is 52.5 Å². The van der Waals surface area contributed by atoms with E-state index in [9.17, 15) is 4.79 Å². The van der Waals surface area contributed by atoms with E-state index in [2.05, 4.69) is 15.3 Å². The molecule has 0 aliphatic carbocycles. The summed E-state index contributed by atoms with van der Waals surface area (Å²) in [6.45, 7) is 0. The number of hydrogen-bond acceptors (Lipinski definition) is 4. The van der Waals surface area contributed by atoms with Crippen molar-refractivity contribution in [1.29, 1.82) is 0 Å². The number of anilines is 1. The summed E-state index contributed by atoms with van der Waals surface area (Å²) in [5.74, 6) is -0.157. The Balaban J connectivity index is 1.66. The summed E-state index contributed by atoms with van der Waals surface area (Å²) in [6.07, 6.45) is 0. The van der Waals surface area contributed by atoms with Crippen molar-refractivity contribution in [1.82, 2.24) is 9.97 Å². The lowest BCUT2D eigenvalue weighted by Gasteiger charge is -2.03. The molecule has 104 valence electrons. The van der Waals surface area contributed by atoms with Crippen molar-refractivity contribution >= 4 is 34.4 Å². The molecule has 4 rings (SSSR count). The van der Waals surface area contributed by atoms with Crippen LogP contribution < -0.4 is 11.1 Å². The zero-order chi connectivity index (χ0) is 14.4. The molecule has 1 unspecified atom stereocenters. The van der Waals surface area contributed by atoms with Gasteiger partial charge >= 0.3 is 0 Å². The molecule has 0 bridgehead atoms. The van der Waals surface area contributed by atoms with Crippen molar-refractivity contribution in [3.05, 3.63) is 48.0 Å². The highest BCUT2D eigenvalue weighted by molar-refractivity contribution is 7.99. The Labute approximate surface area is 124 Å². The second-order valence-corrected chi connectivity index (χ2v) is 5.94. The number of nitrogens with two attached hydrogens (primary N) is 1. The first-order valence-electron chi connectivity index (χ1n) is 6.54. The van der Waals surface area contributed by atoms with Gasteiger partial charge in [-0.15, -0.1) is 0 Å². The van der Waals surface area contributed by atoms with Crippen LogP contribution in [0.4, 0.5) is 5.69 Å². The molecule has 5 nitrogen and oxygen atoms in total. The van der Waals surface area contributed by atoms with Gasteiger partial charge in [0.15, 0.2) is 5.16 Å². The molecule has 0 spiro atoms. The Hall–Kier alpha value is -2.31. The predicted octanol–water partition coefficient (Wildman–Crippen LogP) is 2.67. The fourth-order valence-electron chi connectivity index (χ4n) is 2.42. The summed E-state index contributed by atoms with van der Waals surface area (Å²) in [7, 11) is 0. The summed E-state index contributed by atoms with van der Waals surface area (Å²) in [5, 5.41) is 3.62. The van der Waals surface area contributed by atoms with Crippen molar-refractivity contribution in [3.8, 4) is 0 Å². The molecule has 6 heteroatoms. The molecule has 1 aliphatic rings. The van der Waals surface area contributed by atoms with E-state index in [1.54, 1.807) is 0 Å². The van der Waals surface area contributed by atoms with Crippen LogP contribution in [0.25, 0.3) is 11.0 Å². The number of nitrogens with one attached hydrogen (secondary N) is 2. The molecule has 2 aromatic carbocycles. The molecule has 0 saturated heterocycles. The fraction of sp³-hybridized carbons (Fsp3) is 0.0667. The van der Waals surface area contributed by atoms with E-state index in [-0.39, 0.29) is 5.91 Å². The molecular formula is C15H12N4OS. The molecule has 1 amide bonds. The van der Waals surface area contributed by atoms with Crippen molar-refractivity contribution in [2.45, 2.75) is 16.1 Å². The van der Waals surface area contributed by atoms with Crippen molar-refractivity contribution in [2.24, 2.45) is 5.73 Å². The minimum atomic E-state index is -0.565. The minimum Gasteiger partial charge on any atom is -0.333 e. The van der Waals surface area contributed by atoms with Gasteiger partial charge in [0.05, 0.1) is 11.0 Å². The van der Waals surface area contributed by atoms with E-state index >= 15 is 0 Å². The van der Waals surface area contributed by atoms with Gasteiger partial charge in [-0.25, -0.2) is 4.98 Å². The van der Waals surface area contributed by atoms with Crippen LogP contribution in [-0.2, 0) is 4.79 Å². The first-order chi connectivity index (χ1) is 10.2. The normalized spacial score (nSPS) is 17.0. The van der Waals surface area contributed by atoms with E-state index < -0.39 is 6.04 Å². The van der Waals surface area contributed by atoms with Crippen LogP contribution in [0.3, 0.4) is 0 Å². The quantitative estimate of drug-likeness (QED) is 0.679. The second-order valence-electron chi connectivity index (χ2n) is 4.88. The van der Waals surface area contributed by atoms with E-state index in [1.807, 2.05) is 42.5 Å². The maximum Gasteiger partial charge on any atom is 0.245 e. The standard InChI is InChI=1S/C15H12N4OS/c16-13-9-6-5-8(7-12(9)17-14(13)20)21-15-18-10-3-1-2-4-11(10)19-15/h1-7,13H,16H2,(H,17,20)(H,18,19). The molecule has 1 atom stereocenters. The Morgan fingerprint density at radius 1 is 1.19 bits per heavy atom. The van der Waals surface area contributed by atoms with Gasteiger partial charge in [0.25, 0.3) is 0 Å². The number of aromatic nitrogens is 2. The van der Waals surface area contributed by atoms with Gasteiger partial charge in [-0.3, -0.25) is 4.79 Å². The van der Waals surface area contributed by atoms with Gasteiger partial charge in [-0.1, -0.05) is 30.0 Å². The number of nitrogens with zero attached hydrogens (tertiary/aromatic N) is 1. The number of fused-ring (bicyclic) bond motifs is 2. The Morgan fingerprint density at radius 3 is 2.90 bits per heavy atom. The van der Waals surface area contributed by atoms with Crippen molar-refractivity contribution in [3.63, 3.8) is 0 Å². The number of amides is 1. The number of carbonyl (C=O) groups excluding carboxylic acids is 1. The summed E-state index contributed by atoms with van der Waals surface area (Å²) in [6, 6.07) is 13.1. The molecule has 3 aromatic rings. The third-order valence-electron chi connectivity index (χ3n) is 3.48. The third-order valence-corrected chi connectivity index (χ3v) is 4.36. The van der Waals surface area contributed by atoms with Crippen LogP contribution in [-0.4, -0.2) is 15.9 Å². The Kier molecular flexibility index (Phi) is 2.73.